The minimum absolute atomic E-state index is 0.0416. The summed E-state index contributed by atoms with van der Waals surface area (Å²) in [5, 5.41) is 25.4. The molecule has 1 rings (SSSR count). The molecule has 2 unspecified atom stereocenters. The van der Waals surface area contributed by atoms with Gasteiger partial charge in [0.05, 0.1) is 6.61 Å². The van der Waals surface area contributed by atoms with Gasteiger partial charge in [0, 0.05) is 12.1 Å². The van der Waals surface area contributed by atoms with E-state index in [9.17, 15) is 24.6 Å². The number of carbonyl (C=O) groups is 3. The Hall–Kier alpha value is -2.81. The van der Waals surface area contributed by atoms with E-state index in [4.69, 9.17) is 4.74 Å². The number of phenolic OH excluding ortho intramolecular Hbond substituents is 1. The average Bonchev–Trinajstić information content (AvgIpc) is 2.71. The summed E-state index contributed by atoms with van der Waals surface area (Å²) in [4.78, 5) is 40.8. The van der Waals surface area contributed by atoms with Crippen LogP contribution in [-0.4, -0.2) is 63.4 Å². The first-order chi connectivity index (χ1) is 16.2. The van der Waals surface area contributed by atoms with E-state index < -0.39 is 47.7 Å². The van der Waals surface area contributed by atoms with Gasteiger partial charge in [-0.15, -0.1) is 0 Å². The number of phenols is 1. The number of aliphatic hydroxyl groups is 1. The lowest BCUT2D eigenvalue weighted by molar-refractivity contribution is -0.144. The summed E-state index contributed by atoms with van der Waals surface area (Å²) in [6.45, 7) is 12.2. The molecule has 0 aromatic heterocycles. The predicted molar refractivity (Wildman–Crippen MR) is 135 cm³/mol. The molecule has 0 radical (unpaired) electrons. The van der Waals surface area contributed by atoms with E-state index in [2.05, 4.69) is 17.6 Å². The third kappa shape index (κ3) is 11.0. The number of aromatic hydroxyl groups is 1. The van der Waals surface area contributed by atoms with Gasteiger partial charge in [-0.25, -0.2) is 4.79 Å². The van der Waals surface area contributed by atoms with Crippen molar-refractivity contribution in [3.05, 3.63) is 29.8 Å². The molecule has 2 atom stereocenters. The molecule has 3 amide bonds. The van der Waals surface area contributed by atoms with Crippen molar-refractivity contribution in [1.29, 1.82) is 0 Å². The van der Waals surface area contributed by atoms with Crippen molar-refractivity contribution in [2.45, 2.75) is 97.4 Å². The molecular weight excluding hydrogens is 450 g/mol. The summed E-state index contributed by atoms with van der Waals surface area (Å²) in [5.74, 6) is -1.09. The smallest absolute Gasteiger partial charge is 0.408 e. The largest absolute Gasteiger partial charge is 0.508 e. The number of nitrogens with zero attached hydrogens (tertiary/aromatic N) is 1. The summed E-state index contributed by atoms with van der Waals surface area (Å²) < 4.78 is 5.24. The fourth-order valence-corrected chi connectivity index (χ4v) is 3.52. The van der Waals surface area contributed by atoms with Crippen molar-refractivity contribution in [2.75, 3.05) is 13.2 Å². The maximum atomic E-state index is 13.7. The molecular formula is C26H43N3O6. The molecule has 9 nitrogen and oxygen atoms in total. The van der Waals surface area contributed by atoms with Crippen molar-refractivity contribution < 1.29 is 29.3 Å². The van der Waals surface area contributed by atoms with Crippen LogP contribution in [0.4, 0.5) is 4.79 Å². The average molecular weight is 494 g/mol. The molecule has 1 aromatic rings. The van der Waals surface area contributed by atoms with Gasteiger partial charge in [-0.2, -0.15) is 0 Å². The quantitative estimate of drug-likeness (QED) is 0.349. The van der Waals surface area contributed by atoms with Crippen molar-refractivity contribution in [2.24, 2.45) is 0 Å². The van der Waals surface area contributed by atoms with E-state index in [1.54, 1.807) is 32.9 Å². The number of amides is 3. The fourth-order valence-electron chi connectivity index (χ4n) is 3.52. The third-order valence-electron chi connectivity index (χ3n) is 4.95. The Balaban J connectivity index is 3.40. The summed E-state index contributed by atoms with van der Waals surface area (Å²) in [6.07, 6.45) is 2.59. The fraction of sp³-hybridized carbons (Fsp3) is 0.654. The highest BCUT2D eigenvalue weighted by Gasteiger charge is 2.37. The van der Waals surface area contributed by atoms with Crippen molar-refractivity contribution >= 4 is 17.9 Å². The van der Waals surface area contributed by atoms with Gasteiger partial charge >= 0.3 is 6.09 Å². The molecule has 0 spiro atoms. The highest BCUT2D eigenvalue weighted by Crippen LogP contribution is 2.27. The van der Waals surface area contributed by atoms with Crippen LogP contribution in [0, 0.1) is 0 Å². The second-order valence-electron chi connectivity index (χ2n) is 10.7. The maximum Gasteiger partial charge on any atom is 0.408 e. The lowest BCUT2D eigenvalue weighted by Crippen LogP contribution is -2.55. The number of alkyl carbamates (subject to hydrolysis) is 1. The van der Waals surface area contributed by atoms with E-state index in [-0.39, 0.29) is 12.3 Å². The first kappa shape index (κ1) is 30.2. The van der Waals surface area contributed by atoms with Gasteiger partial charge < -0.3 is 30.5 Å². The number of unbranched alkanes of at least 4 members (excludes halogenated alkanes) is 3. The molecule has 9 heteroatoms. The van der Waals surface area contributed by atoms with E-state index in [1.807, 2.05) is 20.8 Å². The zero-order valence-electron chi connectivity index (χ0n) is 22.2. The zero-order valence-corrected chi connectivity index (χ0v) is 22.2. The molecule has 198 valence electrons. The number of hydrogen-bond acceptors (Lipinski definition) is 6. The number of nitrogens with one attached hydrogen (secondary N) is 2. The number of ether oxygens (including phenoxy) is 1. The number of aliphatic hydroxyl groups excluding tert-OH is 1. The van der Waals surface area contributed by atoms with Gasteiger partial charge in [-0.3, -0.25) is 9.59 Å². The lowest BCUT2D eigenvalue weighted by atomic mass is 10.00. The third-order valence-corrected chi connectivity index (χ3v) is 4.95. The Morgan fingerprint density at radius 1 is 1.06 bits per heavy atom. The van der Waals surface area contributed by atoms with Crippen LogP contribution in [0.2, 0.25) is 0 Å². The molecule has 0 heterocycles. The molecule has 4 N–H and O–H groups in total. The minimum atomic E-state index is -1.31. The summed E-state index contributed by atoms with van der Waals surface area (Å²) in [5.41, 5.74) is -0.942. The SMILES string of the molecule is CCCCCCN(C(=O)C(CO)NC(=O)OC(C)(C)C)C(C(=O)NC(C)(C)C)c1cccc(O)c1. The van der Waals surface area contributed by atoms with Crippen LogP contribution in [0.15, 0.2) is 24.3 Å². The second kappa shape index (κ2) is 13.3. The van der Waals surface area contributed by atoms with Gasteiger partial charge in [-0.1, -0.05) is 38.3 Å². The molecule has 0 aliphatic carbocycles. The van der Waals surface area contributed by atoms with Gasteiger partial charge in [0.1, 0.15) is 23.4 Å². The predicted octanol–water partition coefficient (Wildman–Crippen LogP) is 3.64. The molecule has 0 saturated heterocycles. The standard InChI is InChI=1S/C26H43N3O6/c1-8-9-10-11-15-29(23(33)20(17-30)27-24(34)35-26(5,6)7)21(22(32)28-25(2,3)4)18-13-12-14-19(31)16-18/h12-14,16,20-21,30-31H,8-11,15,17H2,1-7H3,(H,27,34)(H,28,32). The Morgan fingerprint density at radius 2 is 1.71 bits per heavy atom. The van der Waals surface area contributed by atoms with Crippen LogP contribution in [-0.2, 0) is 14.3 Å². The van der Waals surface area contributed by atoms with Crippen molar-refractivity contribution in [3.63, 3.8) is 0 Å². The molecule has 0 saturated carbocycles. The summed E-state index contributed by atoms with van der Waals surface area (Å²) in [7, 11) is 0. The molecule has 0 bridgehead atoms. The Bertz CT molecular complexity index is 844. The molecule has 0 aliphatic heterocycles. The Morgan fingerprint density at radius 3 is 2.23 bits per heavy atom. The Kier molecular flexibility index (Phi) is 11.5. The number of carbonyl (C=O) groups excluding carboxylic acids is 3. The van der Waals surface area contributed by atoms with Gasteiger partial charge in [0.15, 0.2) is 0 Å². The Labute approximate surface area is 209 Å². The van der Waals surface area contributed by atoms with E-state index in [0.29, 0.717) is 12.0 Å². The number of rotatable bonds is 11. The first-order valence-electron chi connectivity index (χ1n) is 12.2. The highest BCUT2D eigenvalue weighted by atomic mass is 16.6. The van der Waals surface area contributed by atoms with Crippen molar-refractivity contribution in [3.8, 4) is 5.75 Å². The summed E-state index contributed by atoms with van der Waals surface area (Å²) >= 11 is 0. The van der Waals surface area contributed by atoms with Crippen LogP contribution in [0.1, 0.15) is 85.8 Å². The normalized spacial score (nSPS) is 13.5. The van der Waals surface area contributed by atoms with Crippen LogP contribution in [0.25, 0.3) is 0 Å². The molecule has 0 fully saturated rings. The van der Waals surface area contributed by atoms with Gasteiger partial charge in [0.2, 0.25) is 11.8 Å². The molecule has 35 heavy (non-hydrogen) atoms. The first-order valence-corrected chi connectivity index (χ1v) is 12.2. The van der Waals surface area contributed by atoms with Gasteiger partial charge in [0.25, 0.3) is 0 Å². The number of hydrogen-bond donors (Lipinski definition) is 4. The van der Waals surface area contributed by atoms with Crippen LogP contribution in [0.5, 0.6) is 5.75 Å². The summed E-state index contributed by atoms with van der Waals surface area (Å²) in [6, 6.07) is 3.80. The maximum absolute atomic E-state index is 13.7. The lowest BCUT2D eigenvalue weighted by Gasteiger charge is -2.35. The monoisotopic (exact) mass is 493 g/mol. The van der Waals surface area contributed by atoms with Crippen molar-refractivity contribution in [1.82, 2.24) is 15.5 Å². The van der Waals surface area contributed by atoms with Crippen LogP contribution in [0.3, 0.4) is 0 Å². The second-order valence-corrected chi connectivity index (χ2v) is 10.7. The van der Waals surface area contributed by atoms with Crippen LogP contribution >= 0.6 is 0 Å². The van der Waals surface area contributed by atoms with E-state index in [0.717, 1.165) is 19.3 Å². The van der Waals surface area contributed by atoms with E-state index >= 15 is 0 Å². The number of benzene rings is 1. The zero-order chi connectivity index (χ0) is 26.8. The molecule has 1 aromatic carbocycles. The minimum Gasteiger partial charge on any atom is -0.508 e. The highest BCUT2D eigenvalue weighted by molar-refractivity contribution is 5.92. The van der Waals surface area contributed by atoms with E-state index in [1.165, 1.54) is 17.0 Å². The van der Waals surface area contributed by atoms with Crippen LogP contribution < -0.4 is 10.6 Å². The molecule has 0 aliphatic rings. The topological polar surface area (TPSA) is 128 Å². The van der Waals surface area contributed by atoms with Gasteiger partial charge in [-0.05, 0) is 65.7 Å².